The van der Waals surface area contributed by atoms with E-state index in [0.717, 1.165) is 0 Å². The Kier molecular flexibility index (Phi) is 3.31. The zero-order chi connectivity index (χ0) is 9.68. The molecule has 2 amide bonds. The normalized spacial score (nSPS) is 9.69. The topological polar surface area (TPSA) is 58.4 Å². The van der Waals surface area contributed by atoms with Crippen LogP contribution in [-0.2, 0) is 0 Å². The summed E-state index contributed by atoms with van der Waals surface area (Å²) in [5.74, 6) is 0. The van der Waals surface area contributed by atoms with Gasteiger partial charge in [0, 0.05) is 13.1 Å². The summed E-state index contributed by atoms with van der Waals surface area (Å²) in [7, 11) is 0. The van der Waals surface area contributed by atoms with Gasteiger partial charge in [0.05, 0.1) is 6.20 Å². The number of hydrogen-bond donors (Lipinski definition) is 1. The SMILES string of the molecule is CCN(CC)C(=O)Nc1cnoc1. The Labute approximate surface area is 76.7 Å². The number of aromatic nitrogens is 1. The maximum Gasteiger partial charge on any atom is 0.321 e. The molecule has 5 nitrogen and oxygen atoms in total. The Morgan fingerprint density at radius 2 is 2.31 bits per heavy atom. The summed E-state index contributed by atoms with van der Waals surface area (Å²) < 4.78 is 4.58. The Morgan fingerprint density at radius 3 is 2.77 bits per heavy atom. The lowest BCUT2D eigenvalue weighted by Crippen LogP contribution is -2.34. The summed E-state index contributed by atoms with van der Waals surface area (Å²) in [6, 6.07) is -0.131. The molecule has 0 aliphatic heterocycles. The van der Waals surface area contributed by atoms with Gasteiger partial charge in [-0.2, -0.15) is 0 Å². The van der Waals surface area contributed by atoms with Gasteiger partial charge in [-0.1, -0.05) is 5.16 Å². The predicted octanol–water partition coefficient (Wildman–Crippen LogP) is 1.55. The zero-order valence-electron chi connectivity index (χ0n) is 7.78. The number of carbonyl (C=O) groups is 1. The van der Waals surface area contributed by atoms with Crippen LogP contribution in [0.2, 0.25) is 0 Å². The number of nitrogens with zero attached hydrogens (tertiary/aromatic N) is 2. The lowest BCUT2D eigenvalue weighted by Gasteiger charge is -2.18. The van der Waals surface area contributed by atoms with Gasteiger partial charge in [-0.3, -0.25) is 0 Å². The van der Waals surface area contributed by atoms with Crippen molar-refractivity contribution >= 4 is 11.7 Å². The molecular formula is C8H13N3O2. The van der Waals surface area contributed by atoms with Crippen LogP contribution in [0.25, 0.3) is 0 Å². The molecule has 0 fully saturated rings. The summed E-state index contributed by atoms with van der Waals surface area (Å²) >= 11 is 0. The molecule has 1 aromatic rings. The lowest BCUT2D eigenvalue weighted by molar-refractivity contribution is 0.217. The first-order chi connectivity index (χ1) is 6.27. The zero-order valence-corrected chi connectivity index (χ0v) is 7.78. The summed E-state index contributed by atoms with van der Waals surface area (Å²) in [5.41, 5.74) is 0.580. The van der Waals surface area contributed by atoms with Crippen molar-refractivity contribution in [2.75, 3.05) is 18.4 Å². The third-order valence-corrected chi connectivity index (χ3v) is 1.73. The second-order valence-electron chi connectivity index (χ2n) is 2.52. The molecule has 0 aromatic carbocycles. The summed E-state index contributed by atoms with van der Waals surface area (Å²) in [6.07, 6.45) is 2.85. The van der Waals surface area contributed by atoms with Crippen molar-refractivity contribution in [3.05, 3.63) is 12.5 Å². The van der Waals surface area contributed by atoms with Crippen LogP contribution in [-0.4, -0.2) is 29.2 Å². The maximum atomic E-state index is 11.4. The third kappa shape index (κ3) is 2.47. The number of hydrogen-bond acceptors (Lipinski definition) is 3. The van der Waals surface area contributed by atoms with Crippen molar-refractivity contribution in [1.82, 2.24) is 10.1 Å². The van der Waals surface area contributed by atoms with Crippen LogP contribution in [0.1, 0.15) is 13.8 Å². The van der Waals surface area contributed by atoms with E-state index >= 15 is 0 Å². The standard InChI is InChI=1S/C8H13N3O2/c1-3-11(4-2)8(12)10-7-5-9-13-6-7/h5-6H,3-4H2,1-2H3,(H,10,12). The van der Waals surface area contributed by atoms with Crippen molar-refractivity contribution in [3.8, 4) is 0 Å². The van der Waals surface area contributed by atoms with Gasteiger partial charge in [-0.15, -0.1) is 0 Å². The molecule has 0 aliphatic carbocycles. The van der Waals surface area contributed by atoms with Crippen LogP contribution < -0.4 is 5.32 Å². The molecule has 1 heterocycles. The van der Waals surface area contributed by atoms with Crippen LogP contribution in [0.4, 0.5) is 10.5 Å². The summed E-state index contributed by atoms with van der Waals surface area (Å²) in [6.45, 7) is 5.23. The molecule has 0 saturated heterocycles. The Morgan fingerprint density at radius 1 is 1.62 bits per heavy atom. The number of carbonyl (C=O) groups excluding carboxylic acids is 1. The number of rotatable bonds is 3. The largest absolute Gasteiger partial charge is 0.363 e. The van der Waals surface area contributed by atoms with E-state index in [1.54, 1.807) is 4.90 Å². The average Bonchev–Trinajstić information content (AvgIpc) is 2.59. The highest BCUT2D eigenvalue weighted by atomic mass is 16.5. The van der Waals surface area contributed by atoms with Crippen LogP contribution in [0.5, 0.6) is 0 Å². The van der Waals surface area contributed by atoms with E-state index in [1.165, 1.54) is 12.5 Å². The first kappa shape index (κ1) is 9.57. The molecule has 0 unspecified atom stereocenters. The molecule has 72 valence electrons. The molecule has 1 rings (SSSR count). The van der Waals surface area contributed by atoms with Crippen molar-refractivity contribution in [1.29, 1.82) is 0 Å². The molecule has 13 heavy (non-hydrogen) atoms. The highest BCUT2D eigenvalue weighted by Gasteiger charge is 2.09. The van der Waals surface area contributed by atoms with E-state index in [0.29, 0.717) is 18.8 Å². The van der Waals surface area contributed by atoms with Crippen molar-refractivity contribution in [3.63, 3.8) is 0 Å². The van der Waals surface area contributed by atoms with E-state index in [2.05, 4.69) is 15.0 Å². The summed E-state index contributed by atoms with van der Waals surface area (Å²) in [4.78, 5) is 13.1. The Bertz CT molecular complexity index is 254. The molecule has 5 heteroatoms. The molecule has 0 bridgehead atoms. The number of anilines is 1. The maximum absolute atomic E-state index is 11.4. The number of nitrogens with one attached hydrogen (secondary N) is 1. The highest BCUT2D eigenvalue weighted by molar-refractivity contribution is 5.88. The predicted molar refractivity (Wildman–Crippen MR) is 48.4 cm³/mol. The first-order valence-electron chi connectivity index (χ1n) is 4.23. The van der Waals surface area contributed by atoms with Crippen molar-refractivity contribution < 1.29 is 9.32 Å². The number of urea groups is 1. The van der Waals surface area contributed by atoms with Crippen LogP contribution in [0, 0.1) is 0 Å². The average molecular weight is 183 g/mol. The molecule has 0 atom stereocenters. The first-order valence-corrected chi connectivity index (χ1v) is 4.23. The van der Waals surface area contributed by atoms with Crippen LogP contribution >= 0.6 is 0 Å². The molecular weight excluding hydrogens is 170 g/mol. The van der Waals surface area contributed by atoms with Gasteiger partial charge < -0.3 is 14.7 Å². The Balaban J connectivity index is 2.49. The molecule has 0 spiro atoms. The van der Waals surface area contributed by atoms with Crippen LogP contribution in [0.15, 0.2) is 17.0 Å². The minimum atomic E-state index is -0.131. The minimum absolute atomic E-state index is 0.131. The second kappa shape index (κ2) is 4.49. The van der Waals surface area contributed by atoms with Gasteiger partial charge in [0.25, 0.3) is 0 Å². The quantitative estimate of drug-likeness (QED) is 0.773. The van der Waals surface area contributed by atoms with Gasteiger partial charge in [0.15, 0.2) is 0 Å². The molecule has 1 aromatic heterocycles. The second-order valence-corrected chi connectivity index (χ2v) is 2.52. The molecule has 0 radical (unpaired) electrons. The van der Waals surface area contributed by atoms with E-state index < -0.39 is 0 Å². The molecule has 1 N–H and O–H groups in total. The van der Waals surface area contributed by atoms with Crippen molar-refractivity contribution in [2.24, 2.45) is 0 Å². The Hall–Kier alpha value is -1.52. The third-order valence-electron chi connectivity index (χ3n) is 1.73. The van der Waals surface area contributed by atoms with Gasteiger partial charge >= 0.3 is 6.03 Å². The molecule has 0 saturated carbocycles. The molecule has 0 aliphatic rings. The van der Waals surface area contributed by atoms with E-state index in [-0.39, 0.29) is 6.03 Å². The summed E-state index contributed by atoms with van der Waals surface area (Å²) in [5, 5.41) is 6.13. The van der Waals surface area contributed by atoms with E-state index in [1.807, 2.05) is 13.8 Å². The lowest BCUT2D eigenvalue weighted by atomic mass is 10.5. The van der Waals surface area contributed by atoms with E-state index in [4.69, 9.17) is 0 Å². The fourth-order valence-electron chi connectivity index (χ4n) is 0.980. The van der Waals surface area contributed by atoms with Crippen LogP contribution in [0.3, 0.4) is 0 Å². The van der Waals surface area contributed by atoms with Gasteiger partial charge in [0.2, 0.25) is 0 Å². The number of amides is 2. The van der Waals surface area contributed by atoms with Gasteiger partial charge in [-0.25, -0.2) is 4.79 Å². The fourth-order valence-corrected chi connectivity index (χ4v) is 0.980. The highest BCUT2D eigenvalue weighted by Crippen LogP contribution is 2.04. The monoisotopic (exact) mass is 183 g/mol. The fraction of sp³-hybridized carbons (Fsp3) is 0.500. The minimum Gasteiger partial charge on any atom is -0.363 e. The smallest absolute Gasteiger partial charge is 0.321 e. The van der Waals surface area contributed by atoms with Gasteiger partial charge in [0.1, 0.15) is 12.0 Å². The van der Waals surface area contributed by atoms with Crippen molar-refractivity contribution in [2.45, 2.75) is 13.8 Å². The van der Waals surface area contributed by atoms with Gasteiger partial charge in [-0.05, 0) is 13.8 Å². The van der Waals surface area contributed by atoms with E-state index in [9.17, 15) is 4.79 Å².